The van der Waals surface area contributed by atoms with Crippen molar-refractivity contribution in [2.45, 2.75) is 6.42 Å². The van der Waals surface area contributed by atoms with E-state index in [4.69, 9.17) is 10.5 Å². The second-order valence-electron chi connectivity index (χ2n) is 4.08. The SMILES string of the molecule is Nc1nnc(CC(=O)N/N=C\c2ccccc2OCCBr)s1. The lowest BCUT2D eigenvalue weighted by Gasteiger charge is -2.06. The largest absolute Gasteiger partial charge is 0.492 e. The lowest BCUT2D eigenvalue weighted by atomic mass is 10.2. The minimum Gasteiger partial charge on any atom is -0.492 e. The Morgan fingerprint density at radius 3 is 3.00 bits per heavy atom. The first-order valence-electron chi connectivity index (χ1n) is 6.36. The molecule has 2 aromatic rings. The van der Waals surface area contributed by atoms with Crippen LogP contribution in [0.25, 0.3) is 0 Å². The van der Waals surface area contributed by atoms with Gasteiger partial charge in [-0.15, -0.1) is 10.2 Å². The fraction of sp³-hybridized carbons (Fsp3) is 0.231. The van der Waals surface area contributed by atoms with Gasteiger partial charge in [0.2, 0.25) is 11.0 Å². The van der Waals surface area contributed by atoms with Crippen LogP contribution in [0.4, 0.5) is 5.13 Å². The number of alkyl halides is 1. The number of hydrogen-bond acceptors (Lipinski definition) is 7. The van der Waals surface area contributed by atoms with Crippen molar-refractivity contribution in [2.24, 2.45) is 5.10 Å². The van der Waals surface area contributed by atoms with Crippen LogP contribution in [-0.2, 0) is 11.2 Å². The number of anilines is 1. The van der Waals surface area contributed by atoms with Gasteiger partial charge >= 0.3 is 0 Å². The summed E-state index contributed by atoms with van der Waals surface area (Å²) in [6.45, 7) is 0.551. The highest BCUT2D eigenvalue weighted by Crippen LogP contribution is 2.16. The maximum absolute atomic E-state index is 11.7. The Kier molecular flexibility index (Phi) is 6.28. The maximum Gasteiger partial charge on any atom is 0.247 e. The van der Waals surface area contributed by atoms with Crippen molar-refractivity contribution < 1.29 is 9.53 Å². The van der Waals surface area contributed by atoms with E-state index in [9.17, 15) is 4.79 Å². The smallest absolute Gasteiger partial charge is 0.247 e. The van der Waals surface area contributed by atoms with Crippen LogP contribution in [-0.4, -0.2) is 34.3 Å². The Morgan fingerprint density at radius 2 is 2.27 bits per heavy atom. The van der Waals surface area contributed by atoms with Crippen molar-refractivity contribution in [3.8, 4) is 5.75 Å². The van der Waals surface area contributed by atoms with Gasteiger partial charge in [0.1, 0.15) is 10.8 Å². The maximum atomic E-state index is 11.7. The second-order valence-corrected chi connectivity index (χ2v) is 5.97. The van der Waals surface area contributed by atoms with E-state index in [-0.39, 0.29) is 12.3 Å². The first kappa shape index (κ1) is 16.4. The Morgan fingerprint density at radius 1 is 1.45 bits per heavy atom. The summed E-state index contributed by atoms with van der Waals surface area (Å²) < 4.78 is 5.56. The van der Waals surface area contributed by atoms with Crippen molar-refractivity contribution >= 4 is 44.5 Å². The zero-order valence-corrected chi connectivity index (χ0v) is 13.9. The number of carbonyl (C=O) groups is 1. The van der Waals surface area contributed by atoms with Crippen LogP contribution < -0.4 is 15.9 Å². The number of nitrogens with one attached hydrogen (secondary N) is 1. The van der Waals surface area contributed by atoms with Crippen molar-refractivity contribution in [3.63, 3.8) is 0 Å². The monoisotopic (exact) mass is 383 g/mol. The third kappa shape index (κ3) is 5.08. The molecule has 1 heterocycles. The molecule has 0 saturated heterocycles. The summed E-state index contributed by atoms with van der Waals surface area (Å²) in [5.41, 5.74) is 8.67. The minimum absolute atomic E-state index is 0.0912. The van der Waals surface area contributed by atoms with Gasteiger partial charge in [0.25, 0.3) is 0 Å². The number of para-hydroxylation sites is 1. The van der Waals surface area contributed by atoms with Crippen LogP contribution in [0.5, 0.6) is 5.75 Å². The summed E-state index contributed by atoms with van der Waals surface area (Å²) in [5.74, 6) is 0.420. The van der Waals surface area contributed by atoms with E-state index < -0.39 is 0 Å². The molecule has 9 heteroatoms. The van der Waals surface area contributed by atoms with E-state index in [2.05, 4.69) is 36.7 Å². The van der Waals surface area contributed by atoms with Gasteiger partial charge in [-0.1, -0.05) is 39.4 Å². The number of rotatable bonds is 7. The number of aromatic nitrogens is 2. The highest BCUT2D eigenvalue weighted by Gasteiger charge is 2.07. The molecular weight excluding hydrogens is 370 g/mol. The molecule has 0 saturated carbocycles. The van der Waals surface area contributed by atoms with Gasteiger partial charge in [-0.3, -0.25) is 4.79 Å². The predicted molar refractivity (Wildman–Crippen MR) is 89.5 cm³/mol. The number of nitrogens with two attached hydrogens (primary N) is 1. The molecule has 0 radical (unpaired) electrons. The molecule has 2 rings (SSSR count). The summed E-state index contributed by atoms with van der Waals surface area (Å²) in [4.78, 5) is 11.7. The summed E-state index contributed by atoms with van der Waals surface area (Å²) in [6.07, 6.45) is 1.63. The predicted octanol–water partition coefficient (Wildman–Crippen LogP) is 1.59. The second kappa shape index (κ2) is 8.44. The van der Waals surface area contributed by atoms with Gasteiger partial charge in [0.05, 0.1) is 19.2 Å². The molecule has 0 atom stereocenters. The van der Waals surface area contributed by atoms with Gasteiger partial charge in [-0.25, -0.2) is 5.43 Å². The van der Waals surface area contributed by atoms with Gasteiger partial charge in [-0.05, 0) is 12.1 Å². The molecule has 0 aliphatic rings. The van der Waals surface area contributed by atoms with Crippen molar-refractivity contribution in [3.05, 3.63) is 34.8 Å². The Hall–Kier alpha value is -2.00. The molecule has 1 amide bonds. The molecule has 7 nitrogen and oxygen atoms in total. The molecular formula is C13H14BrN5O2S. The number of amides is 1. The molecule has 3 N–H and O–H groups in total. The number of hydrogen-bond donors (Lipinski definition) is 2. The lowest BCUT2D eigenvalue weighted by Crippen LogP contribution is -2.19. The molecule has 116 valence electrons. The minimum atomic E-state index is -0.286. The quantitative estimate of drug-likeness (QED) is 0.429. The van der Waals surface area contributed by atoms with E-state index in [1.165, 1.54) is 17.6 Å². The molecule has 0 aliphatic heterocycles. The highest BCUT2D eigenvalue weighted by molar-refractivity contribution is 9.09. The highest BCUT2D eigenvalue weighted by atomic mass is 79.9. The van der Waals surface area contributed by atoms with Gasteiger partial charge in [-0.2, -0.15) is 5.10 Å². The third-order valence-corrected chi connectivity index (χ3v) is 3.52. The fourth-order valence-electron chi connectivity index (χ4n) is 1.56. The normalized spacial score (nSPS) is 10.8. The van der Waals surface area contributed by atoms with E-state index >= 15 is 0 Å². The Balaban J connectivity index is 1.90. The van der Waals surface area contributed by atoms with E-state index in [1.54, 1.807) is 0 Å². The summed E-state index contributed by atoms with van der Waals surface area (Å²) in [7, 11) is 0. The molecule has 1 aromatic heterocycles. The number of hydrazone groups is 1. The van der Waals surface area contributed by atoms with Crippen LogP contribution in [0, 0.1) is 0 Å². The Bertz CT molecular complexity index is 661. The lowest BCUT2D eigenvalue weighted by molar-refractivity contribution is -0.120. The first-order valence-corrected chi connectivity index (χ1v) is 8.30. The van der Waals surface area contributed by atoms with Gasteiger partial charge in [0, 0.05) is 10.9 Å². The van der Waals surface area contributed by atoms with Crippen LogP contribution in [0.3, 0.4) is 0 Å². The molecule has 22 heavy (non-hydrogen) atoms. The summed E-state index contributed by atoms with van der Waals surface area (Å²) in [6, 6.07) is 7.44. The van der Waals surface area contributed by atoms with Crippen molar-refractivity contribution in [2.75, 3.05) is 17.7 Å². The number of halogens is 1. The average Bonchev–Trinajstić information content (AvgIpc) is 2.91. The zero-order chi connectivity index (χ0) is 15.8. The number of benzene rings is 1. The van der Waals surface area contributed by atoms with Crippen LogP contribution >= 0.6 is 27.3 Å². The summed E-state index contributed by atoms with van der Waals surface area (Å²) in [5, 5.41) is 13.0. The van der Waals surface area contributed by atoms with Crippen LogP contribution in [0.2, 0.25) is 0 Å². The zero-order valence-electron chi connectivity index (χ0n) is 11.5. The fourth-order valence-corrected chi connectivity index (χ4v) is 2.33. The average molecular weight is 384 g/mol. The Labute approximate surface area is 139 Å². The molecule has 0 bridgehead atoms. The van der Waals surface area contributed by atoms with E-state index in [0.29, 0.717) is 22.5 Å². The third-order valence-electron chi connectivity index (χ3n) is 2.44. The van der Waals surface area contributed by atoms with Gasteiger partial charge < -0.3 is 10.5 Å². The molecule has 0 fully saturated rings. The van der Waals surface area contributed by atoms with Crippen molar-refractivity contribution in [1.82, 2.24) is 15.6 Å². The van der Waals surface area contributed by atoms with E-state index in [0.717, 1.165) is 10.9 Å². The van der Waals surface area contributed by atoms with Crippen molar-refractivity contribution in [1.29, 1.82) is 0 Å². The number of nitrogens with zero attached hydrogens (tertiary/aromatic N) is 3. The number of nitrogen functional groups attached to an aromatic ring is 1. The molecule has 0 spiro atoms. The van der Waals surface area contributed by atoms with Gasteiger partial charge in [0.15, 0.2) is 0 Å². The number of ether oxygens (including phenoxy) is 1. The number of carbonyl (C=O) groups excluding carboxylic acids is 1. The molecule has 0 aliphatic carbocycles. The molecule has 1 aromatic carbocycles. The summed E-state index contributed by atoms with van der Waals surface area (Å²) >= 11 is 4.48. The van der Waals surface area contributed by atoms with E-state index in [1.807, 2.05) is 24.3 Å². The standard InChI is InChI=1S/C13H14BrN5O2S/c14-5-6-21-10-4-2-1-3-9(10)8-16-17-11(20)7-12-18-19-13(15)22-12/h1-4,8H,5-7H2,(H2,15,19)(H,17,20)/b16-8-. The molecule has 0 unspecified atom stereocenters. The topological polar surface area (TPSA) is 102 Å². The first-order chi connectivity index (χ1) is 10.7. The van der Waals surface area contributed by atoms with Crippen LogP contribution in [0.1, 0.15) is 10.6 Å². The van der Waals surface area contributed by atoms with Crippen LogP contribution in [0.15, 0.2) is 29.4 Å².